The van der Waals surface area contributed by atoms with Crippen LogP contribution >= 0.6 is 0 Å². The molecule has 0 unspecified atom stereocenters. The van der Waals surface area contributed by atoms with Gasteiger partial charge in [0.25, 0.3) is 0 Å². The molecule has 0 aliphatic carbocycles. The Hall–Kier alpha value is -1.36. The Morgan fingerprint density at radius 3 is 2.47 bits per heavy atom. The van der Waals surface area contributed by atoms with Crippen molar-refractivity contribution in [1.29, 1.82) is 0 Å². The summed E-state index contributed by atoms with van der Waals surface area (Å²) < 4.78 is 0. The SMILES string of the molecule is Cc1n[nH]c(C)c1CCN(C)CC(=O)NC(C)(C)C. The molecule has 0 atom stereocenters. The van der Waals surface area contributed by atoms with Gasteiger partial charge in [-0.05, 0) is 53.7 Å². The number of hydrogen-bond donors (Lipinski definition) is 2. The quantitative estimate of drug-likeness (QED) is 0.847. The maximum atomic E-state index is 11.8. The number of amides is 1. The molecule has 0 saturated carbocycles. The van der Waals surface area contributed by atoms with E-state index in [1.54, 1.807) is 0 Å². The minimum atomic E-state index is -0.171. The van der Waals surface area contributed by atoms with Gasteiger partial charge < -0.3 is 5.32 Å². The first kappa shape index (κ1) is 15.7. The van der Waals surface area contributed by atoms with E-state index in [2.05, 4.69) is 15.5 Å². The number of aromatic amines is 1. The highest BCUT2D eigenvalue weighted by atomic mass is 16.2. The van der Waals surface area contributed by atoms with Crippen LogP contribution in [0.25, 0.3) is 0 Å². The number of hydrogen-bond acceptors (Lipinski definition) is 3. The zero-order valence-corrected chi connectivity index (χ0v) is 12.9. The van der Waals surface area contributed by atoms with E-state index in [1.807, 2.05) is 46.6 Å². The molecule has 1 aromatic rings. The van der Waals surface area contributed by atoms with Crippen molar-refractivity contribution in [2.45, 2.75) is 46.6 Å². The first-order chi connectivity index (χ1) is 8.69. The normalized spacial score (nSPS) is 11.9. The zero-order valence-electron chi connectivity index (χ0n) is 12.9. The Labute approximate surface area is 115 Å². The lowest BCUT2D eigenvalue weighted by Crippen LogP contribution is -2.45. The van der Waals surface area contributed by atoms with Crippen molar-refractivity contribution in [2.75, 3.05) is 20.1 Å². The molecule has 0 saturated heterocycles. The predicted molar refractivity (Wildman–Crippen MR) is 77.2 cm³/mol. The summed E-state index contributed by atoms with van der Waals surface area (Å²) in [5, 5.41) is 10.1. The van der Waals surface area contributed by atoms with Gasteiger partial charge in [0, 0.05) is 17.8 Å². The van der Waals surface area contributed by atoms with Gasteiger partial charge in [-0.25, -0.2) is 0 Å². The number of aryl methyl sites for hydroxylation is 2. The minimum absolute atomic E-state index is 0.0654. The van der Waals surface area contributed by atoms with Gasteiger partial charge in [-0.2, -0.15) is 5.10 Å². The lowest BCUT2D eigenvalue weighted by Gasteiger charge is -2.23. The fourth-order valence-electron chi connectivity index (χ4n) is 2.03. The average Bonchev–Trinajstić information content (AvgIpc) is 2.53. The van der Waals surface area contributed by atoms with Crippen molar-refractivity contribution >= 4 is 5.91 Å². The molecule has 108 valence electrons. The maximum absolute atomic E-state index is 11.8. The standard InChI is InChI=1S/C14H26N4O/c1-10-12(11(2)17-16-10)7-8-18(6)9-13(19)15-14(3,4)5/h7-9H2,1-6H3,(H,15,19)(H,16,17). The summed E-state index contributed by atoms with van der Waals surface area (Å²) in [6.45, 7) is 11.3. The van der Waals surface area contributed by atoms with Crippen molar-refractivity contribution < 1.29 is 4.79 Å². The van der Waals surface area contributed by atoms with Crippen LogP contribution in [0.4, 0.5) is 0 Å². The Balaban J connectivity index is 2.40. The number of H-pyrrole nitrogens is 1. The zero-order chi connectivity index (χ0) is 14.6. The number of rotatable bonds is 5. The van der Waals surface area contributed by atoms with E-state index in [-0.39, 0.29) is 11.4 Å². The molecule has 1 aromatic heterocycles. The number of nitrogens with one attached hydrogen (secondary N) is 2. The van der Waals surface area contributed by atoms with Gasteiger partial charge in [-0.3, -0.25) is 14.8 Å². The average molecular weight is 266 g/mol. The van der Waals surface area contributed by atoms with E-state index >= 15 is 0 Å². The number of nitrogens with zero attached hydrogens (tertiary/aromatic N) is 2. The van der Waals surface area contributed by atoms with Gasteiger partial charge in [0.05, 0.1) is 12.2 Å². The van der Waals surface area contributed by atoms with Crippen LogP contribution in [0.1, 0.15) is 37.7 Å². The van der Waals surface area contributed by atoms with Crippen LogP contribution in [0.2, 0.25) is 0 Å². The molecule has 2 N–H and O–H groups in total. The molecule has 5 nitrogen and oxygen atoms in total. The van der Waals surface area contributed by atoms with E-state index in [0.29, 0.717) is 6.54 Å². The van der Waals surface area contributed by atoms with E-state index in [4.69, 9.17) is 0 Å². The highest BCUT2D eigenvalue weighted by Gasteiger charge is 2.15. The smallest absolute Gasteiger partial charge is 0.234 e. The van der Waals surface area contributed by atoms with Gasteiger partial charge in [-0.15, -0.1) is 0 Å². The van der Waals surface area contributed by atoms with Crippen LogP contribution in [0.3, 0.4) is 0 Å². The van der Waals surface area contributed by atoms with E-state index in [9.17, 15) is 4.79 Å². The molecule has 0 aromatic carbocycles. The van der Waals surface area contributed by atoms with E-state index < -0.39 is 0 Å². The Morgan fingerprint density at radius 2 is 2.00 bits per heavy atom. The molecule has 0 fully saturated rings. The van der Waals surface area contributed by atoms with Crippen molar-refractivity contribution in [3.63, 3.8) is 0 Å². The van der Waals surface area contributed by atoms with E-state index in [1.165, 1.54) is 5.56 Å². The summed E-state index contributed by atoms with van der Waals surface area (Å²) >= 11 is 0. The second kappa shape index (κ2) is 6.19. The molecule has 1 rings (SSSR count). The van der Waals surface area contributed by atoms with Crippen LogP contribution < -0.4 is 5.32 Å². The second-order valence-corrected chi connectivity index (χ2v) is 6.20. The van der Waals surface area contributed by atoms with Gasteiger partial charge in [-0.1, -0.05) is 0 Å². The highest BCUT2D eigenvalue weighted by molar-refractivity contribution is 5.78. The maximum Gasteiger partial charge on any atom is 0.234 e. The van der Waals surface area contributed by atoms with Crippen molar-refractivity contribution in [2.24, 2.45) is 0 Å². The van der Waals surface area contributed by atoms with Gasteiger partial charge >= 0.3 is 0 Å². The molecule has 1 amide bonds. The molecule has 0 aliphatic rings. The minimum Gasteiger partial charge on any atom is -0.350 e. The predicted octanol–water partition coefficient (Wildman–Crippen LogP) is 1.42. The van der Waals surface area contributed by atoms with Crippen LogP contribution in [0.5, 0.6) is 0 Å². The third-order valence-electron chi connectivity index (χ3n) is 2.95. The lowest BCUT2D eigenvalue weighted by atomic mass is 10.1. The van der Waals surface area contributed by atoms with Gasteiger partial charge in [0.2, 0.25) is 5.91 Å². The van der Waals surface area contributed by atoms with E-state index in [0.717, 1.165) is 24.4 Å². The van der Waals surface area contributed by atoms with Gasteiger partial charge in [0.1, 0.15) is 0 Å². The Morgan fingerprint density at radius 1 is 1.37 bits per heavy atom. The van der Waals surface area contributed by atoms with Gasteiger partial charge in [0.15, 0.2) is 0 Å². The second-order valence-electron chi connectivity index (χ2n) is 6.20. The molecular weight excluding hydrogens is 240 g/mol. The van der Waals surface area contributed by atoms with Crippen LogP contribution in [-0.2, 0) is 11.2 Å². The van der Waals surface area contributed by atoms with Crippen molar-refractivity contribution in [1.82, 2.24) is 20.4 Å². The summed E-state index contributed by atoms with van der Waals surface area (Å²) in [7, 11) is 1.97. The number of carbonyl (C=O) groups excluding carboxylic acids is 1. The fraction of sp³-hybridized carbons (Fsp3) is 0.714. The largest absolute Gasteiger partial charge is 0.350 e. The topological polar surface area (TPSA) is 61.0 Å². The summed E-state index contributed by atoms with van der Waals surface area (Å²) in [5.41, 5.74) is 3.24. The first-order valence-corrected chi connectivity index (χ1v) is 6.69. The van der Waals surface area contributed by atoms with Crippen LogP contribution in [0.15, 0.2) is 0 Å². The lowest BCUT2D eigenvalue weighted by molar-refractivity contribution is -0.123. The molecule has 0 aliphatic heterocycles. The molecule has 1 heterocycles. The molecule has 0 spiro atoms. The van der Waals surface area contributed by atoms with Crippen molar-refractivity contribution in [3.05, 3.63) is 17.0 Å². The Bertz CT molecular complexity index is 412. The summed E-state index contributed by atoms with van der Waals surface area (Å²) in [5.74, 6) is 0.0654. The van der Waals surface area contributed by atoms with Crippen LogP contribution in [-0.4, -0.2) is 46.7 Å². The molecular formula is C14H26N4O. The van der Waals surface area contributed by atoms with Crippen LogP contribution in [0, 0.1) is 13.8 Å². The molecule has 0 bridgehead atoms. The fourth-order valence-corrected chi connectivity index (χ4v) is 2.03. The van der Waals surface area contributed by atoms with Crippen molar-refractivity contribution in [3.8, 4) is 0 Å². The number of carbonyl (C=O) groups is 1. The summed E-state index contributed by atoms with van der Waals surface area (Å²) in [6.07, 6.45) is 0.910. The number of likely N-dealkylation sites (N-methyl/N-ethyl adjacent to an activating group) is 1. The monoisotopic (exact) mass is 266 g/mol. The highest BCUT2D eigenvalue weighted by Crippen LogP contribution is 2.10. The molecule has 19 heavy (non-hydrogen) atoms. The number of aromatic nitrogens is 2. The summed E-state index contributed by atoms with van der Waals surface area (Å²) in [4.78, 5) is 13.8. The first-order valence-electron chi connectivity index (χ1n) is 6.69. The molecule has 0 radical (unpaired) electrons. The summed E-state index contributed by atoms with van der Waals surface area (Å²) in [6, 6.07) is 0. The Kier molecular flexibility index (Phi) is 5.11. The third-order valence-corrected chi connectivity index (χ3v) is 2.95. The third kappa shape index (κ3) is 5.42. The molecule has 5 heteroatoms.